The lowest BCUT2D eigenvalue weighted by Gasteiger charge is -2.05. The fourth-order valence-corrected chi connectivity index (χ4v) is 1.31. The molecule has 0 aliphatic rings. The van der Waals surface area contributed by atoms with Gasteiger partial charge in [-0.15, -0.1) is 0 Å². The lowest BCUT2D eigenvalue weighted by Crippen LogP contribution is -2.25. The van der Waals surface area contributed by atoms with Gasteiger partial charge in [0, 0.05) is 6.54 Å². The smallest absolute Gasteiger partial charge is 0.335 e. The molecule has 1 aromatic carbocycles. The maximum absolute atomic E-state index is 13.4. The van der Waals surface area contributed by atoms with Crippen molar-refractivity contribution in [1.29, 1.82) is 0 Å². The molecule has 0 atom stereocenters. The highest BCUT2D eigenvalue weighted by atomic mass is 19.1. The van der Waals surface area contributed by atoms with Crippen molar-refractivity contribution < 1.29 is 19.1 Å². The van der Waals surface area contributed by atoms with E-state index in [-0.39, 0.29) is 11.1 Å². The van der Waals surface area contributed by atoms with E-state index in [2.05, 4.69) is 5.32 Å². The average molecular weight is 239 g/mol. The van der Waals surface area contributed by atoms with Crippen LogP contribution in [0, 0.1) is 5.82 Å². The van der Waals surface area contributed by atoms with E-state index in [1.54, 1.807) is 0 Å². The first-order valence-electron chi connectivity index (χ1n) is 5.37. The zero-order valence-electron chi connectivity index (χ0n) is 9.50. The lowest BCUT2D eigenvalue weighted by atomic mass is 10.1. The van der Waals surface area contributed by atoms with Crippen LogP contribution in [0.1, 0.15) is 40.5 Å². The summed E-state index contributed by atoms with van der Waals surface area (Å²) in [6.07, 6.45) is 1.75. The summed E-state index contributed by atoms with van der Waals surface area (Å²) in [5, 5.41) is 11.2. The minimum atomic E-state index is -1.22. The molecular formula is C12H14FNO3. The van der Waals surface area contributed by atoms with Gasteiger partial charge in [0.05, 0.1) is 11.1 Å². The van der Waals surface area contributed by atoms with Gasteiger partial charge in [-0.2, -0.15) is 0 Å². The Kier molecular flexibility index (Phi) is 4.63. The van der Waals surface area contributed by atoms with Gasteiger partial charge in [0.25, 0.3) is 5.91 Å². The number of hydrogen-bond donors (Lipinski definition) is 2. The van der Waals surface area contributed by atoms with E-state index in [1.165, 1.54) is 12.1 Å². The topological polar surface area (TPSA) is 66.4 Å². The number of hydrogen-bond acceptors (Lipinski definition) is 2. The van der Waals surface area contributed by atoms with Crippen molar-refractivity contribution in [1.82, 2.24) is 5.32 Å². The quantitative estimate of drug-likeness (QED) is 0.773. The van der Waals surface area contributed by atoms with Crippen molar-refractivity contribution in [3.05, 3.63) is 35.1 Å². The van der Waals surface area contributed by atoms with E-state index >= 15 is 0 Å². The standard InChI is InChI=1S/C12H14FNO3/c1-2-3-6-14-11(15)9-5-4-8(12(16)17)7-10(9)13/h4-5,7H,2-3,6H2,1H3,(H,14,15)(H,16,17). The van der Waals surface area contributed by atoms with Gasteiger partial charge >= 0.3 is 5.97 Å². The van der Waals surface area contributed by atoms with Crippen LogP contribution in [0.3, 0.4) is 0 Å². The molecule has 0 radical (unpaired) electrons. The Morgan fingerprint density at radius 2 is 2.12 bits per heavy atom. The summed E-state index contributed by atoms with van der Waals surface area (Å²) in [4.78, 5) is 22.1. The Morgan fingerprint density at radius 1 is 1.41 bits per heavy atom. The summed E-state index contributed by atoms with van der Waals surface area (Å²) in [7, 11) is 0. The maximum atomic E-state index is 13.4. The number of nitrogens with one attached hydrogen (secondary N) is 1. The van der Waals surface area contributed by atoms with Gasteiger partial charge in [0.2, 0.25) is 0 Å². The van der Waals surface area contributed by atoms with Gasteiger partial charge in [-0.25, -0.2) is 9.18 Å². The van der Waals surface area contributed by atoms with Crippen LogP contribution in [-0.2, 0) is 0 Å². The molecule has 0 unspecified atom stereocenters. The summed E-state index contributed by atoms with van der Waals surface area (Å²) in [6, 6.07) is 3.23. The molecule has 1 aromatic rings. The summed E-state index contributed by atoms with van der Waals surface area (Å²) in [5.74, 6) is -2.56. The molecule has 0 bridgehead atoms. The zero-order chi connectivity index (χ0) is 12.8. The van der Waals surface area contributed by atoms with E-state index in [1.807, 2.05) is 6.92 Å². The van der Waals surface area contributed by atoms with E-state index in [4.69, 9.17) is 5.11 Å². The number of carbonyl (C=O) groups excluding carboxylic acids is 1. The van der Waals surface area contributed by atoms with Crippen molar-refractivity contribution in [2.45, 2.75) is 19.8 Å². The highest BCUT2D eigenvalue weighted by Crippen LogP contribution is 2.10. The fourth-order valence-electron chi connectivity index (χ4n) is 1.31. The normalized spacial score (nSPS) is 10.0. The summed E-state index contributed by atoms with van der Waals surface area (Å²) < 4.78 is 13.4. The zero-order valence-corrected chi connectivity index (χ0v) is 9.50. The van der Waals surface area contributed by atoms with Crippen molar-refractivity contribution >= 4 is 11.9 Å². The highest BCUT2D eigenvalue weighted by molar-refractivity contribution is 5.96. The van der Waals surface area contributed by atoms with Crippen LogP contribution in [0.15, 0.2) is 18.2 Å². The molecular weight excluding hydrogens is 225 g/mol. The molecule has 17 heavy (non-hydrogen) atoms. The Hall–Kier alpha value is -1.91. The van der Waals surface area contributed by atoms with Gasteiger partial charge in [-0.3, -0.25) is 4.79 Å². The van der Waals surface area contributed by atoms with Crippen molar-refractivity contribution in [2.24, 2.45) is 0 Å². The first-order valence-corrected chi connectivity index (χ1v) is 5.37. The van der Waals surface area contributed by atoms with Crippen LogP contribution in [0.4, 0.5) is 4.39 Å². The van der Waals surface area contributed by atoms with Crippen LogP contribution in [-0.4, -0.2) is 23.5 Å². The summed E-state index contributed by atoms with van der Waals surface area (Å²) in [5.41, 5.74) is -0.307. The highest BCUT2D eigenvalue weighted by Gasteiger charge is 2.13. The van der Waals surface area contributed by atoms with Crippen molar-refractivity contribution in [3.63, 3.8) is 0 Å². The van der Waals surface area contributed by atoms with E-state index in [9.17, 15) is 14.0 Å². The first kappa shape index (κ1) is 13.2. The minimum Gasteiger partial charge on any atom is -0.478 e. The average Bonchev–Trinajstić information content (AvgIpc) is 2.28. The van der Waals surface area contributed by atoms with Crippen LogP contribution >= 0.6 is 0 Å². The Labute approximate surface area is 98.5 Å². The number of carboxylic acids is 1. The van der Waals surface area contributed by atoms with Crippen molar-refractivity contribution in [2.75, 3.05) is 6.54 Å². The van der Waals surface area contributed by atoms with Crippen LogP contribution in [0.2, 0.25) is 0 Å². The summed E-state index contributed by atoms with van der Waals surface area (Å²) >= 11 is 0. The van der Waals surface area contributed by atoms with Crippen LogP contribution in [0.25, 0.3) is 0 Å². The second-order valence-electron chi connectivity index (χ2n) is 3.61. The second-order valence-corrected chi connectivity index (χ2v) is 3.61. The fraction of sp³-hybridized carbons (Fsp3) is 0.333. The van der Waals surface area contributed by atoms with E-state index in [0.717, 1.165) is 18.9 Å². The molecule has 92 valence electrons. The maximum Gasteiger partial charge on any atom is 0.335 e. The molecule has 1 amide bonds. The third-order valence-corrected chi connectivity index (χ3v) is 2.28. The first-order chi connectivity index (χ1) is 8.06. The third-order valence-electron chi connectivity index (χ3n) is 2.28. The number of benzene rings is 1. The summed E-state index contributed by atoms with van der Waals surface area (Å²) in [6.45, 7) is 2.46. The van der Waals surface area contributed by atoms with Gasteiger partial charge in [-0.05, 0) is 24.6 Å². The molecule has 0 heterocycles. The number of carbonyl (C=O) groups is 2. The number of amides is 1. The largest absolute Gasteiger partial charge is 0.478 e. The third kappa shape index (κ3) is 3.55. The van der Waals surface area contributed by atoms with Gasteiger partial charge in [0.1, 0.15) is 5.82 Å². The van der Waals surface area contributed by atoms with Gasteiger partial charge in [-0.1, -0.05) is 13.3 Å². The molecule has 0 aromatic heterocycles. The molecule has 4 nitrogen and oxygen atoms in total. The number of rotatable bonds is 5. The Bertz CT molecular complexity index is 432. The predicted molar refractivity (Wildman–Crippen MR) is 60.6 cm³/mol. The molecule has 0 fully saturated rings. The minimum absolute atomic E-state index is 0.133. The molecule has 0 spiro atoms. The Balaban J connectivity index is 2.78. The molecule has 0 aliphatic carbocycles. The van der Waals surface area contributed by atoms with Crippen LogP contribution < -0.4 is 5.32 Å². The monoisotopic (exact) mass is 239 g/mol. The number of unbranched alkanes of at least 4 members (excludes halogenated alkanes) is 1. The van der Waals surface area contributed by atoms with Crippen LogP contribution in [0.5, 0.6) is 0 Å². The predicted octanol–water partition coefficient (Wildman–Crippen LogP) is 2.05. The van der Waals surface area contributed by atoms with Crippen molar-refractivity contribution in [3.8, 4) is 0 Å². The molecule has 0 aliphatic heterocycles. The number of aromatic carboxylic acids is 1. The van der Waals surface area contributed by atoms with E-state index < -0.39 is 17.7 Å². The molecule has 1 rings (SSSR count). The van der Waals surface area contributed by atoms with Gasteiger partial charge in [0.15, 0.2) is 0 Å². The SMILES string of the molecule is CCCCNC(=O)c1ccc(C(=O)O)cc1F. The van der Waals surface area contributed by atoms with E-state index in [0.29, 0.717) is 6.54 Å². The van der Waals surface area contributed by atoms with Gasteiger partial charge < -0.3 is 10.4 Å². The molecule has 0 saturated carbocycles. The Morgan fingerprint density at radius 3 is 2.65 bits per heavy atom. The number of carboxylic acid groups (broad SMARTS) is 1. The second kappa shape index (κ2) is 5.98. The molecule has 2 N–H and O–H groups in total. The molecule has 5 heteroatoms. The number of halogens is 1. The lowest BCUT2D eigenvalue weighted by molar-refractivity contribution is 0.0695. The molecule has 0 saturated heterocycles.